The van der Waals surface area contributed by atoms with E-state index >= 15 is 0 Å². The number of aromatic nitrogens is 3. The van der Waals surface area contributed by atoms with Crippen LogP contribution in [0.4, 0.5) is 21.5 Å². The number of hydrogen-bond donors (Lipinski definition) is 1. The van der Waals surface area contributed by atoms with Crippen molar-refractivity contribution in [1.82, 2.24) is 14.8 Å². The molecule has 1 fully saturated rings. The summed E-state index contributed by atoms with van der Waals surface area (Å²) in [5.74, 6) is -1.82. The minimum atomic E-state index is -0.990. The van der Waals surface area contributed by atoms with Crippen LogP contribution in [0.5, 0.6) is 0 Å². The highest BCUT2D eigenvalue weighted by molar-refractivity contribution is 6.03. The quantitative estimate of drug-likeness (QED) is 0.509. The van der Waals surface area contributed by atoms with Crippen LogP contribution in [0, 0.1) is 21.8 Å². The van der Waals surface area contributed by atoms with Crippen molar-refractivity contribution < 1.29 is 18.9 Å². The SMILES string of the molecule is O=C(Nc1ccc(-n2cccn2)nc1)C1CC(=O)N(c2ccc(F)c([N+](=O)[O-])c2)C1. The number of pyridine rings is 1. The first-order valence-corrected chi connectivity index (χ1v) is 8.93. The zero-order chi connectivity index (χ0) is 21.3. The lowest BCUT2D eigenvalue weighted by atomic mass is 10.1. The molecule has 2 aromatic heterocycles. The lowest BCUT2D eigenvalue weighted by molar-refractivity contribution is -0.387. The minimum Gasteiger partial charge on any atom is -0.324 e. The summed E-state index contributed by atoms with van der Waals surface area (Å²) in [6.07, 6.45) is 4.78. The molecule has 0 bridgehead atoms. The lowest BCUT2D eigenvalue weighted by Crippen LogP contribution is -2.28. The van der Waals surface area contributed by atoms with Gasteiger partial charge in [-0.15, -0.1) is 0 Å². The Morgan fingerprint density at radius 1 is 1.30 bits per heavy atom. The van der Waals surface area contributed by atoms with E-state index in [0.29, 0.717) is 11.5 Å². The number of nitrogens with zero attached hydrogens (tertiary/aromatic N) is 5. The summed E-state index contributed by atoms with van der Waals surface area (Å²) in [7, 11) is 0. The van der Waals surface area contributed by atoms with Gasteiger partial charge in [-0.3, -0.25) is 19.7 Å². The van der Waals surface area contributed by atoms with Crippen molar-refractivity contribution >= 4 is 28.9 Å². The second-order valence-electron chi connectivity index (χ2n) is 6.64. The lowest BCUT2D eigenvalue weighted by Gasteiger charge is -2.16. The van der Waals surface area contributed by atoms with E-state index in [1.165, 1.54) is 17.2 Å². The fourth-order valence-electron chi connectivity index (χ4n) is 3.19. The first-order valence-electron chi connectivity index (χ1n) is 8.93. The van der Waals surface area contributed by atoms with Crippen molar-refractivity contribution in [2.75, 3.05) is 16.8 Å². The van der Waals surface area contributed by atoms with Crippen LogP contribution in [0.15, 0.2) is 55.0 Å². The topological polar surface area (TPSA) is 123 Å². The Hall–Kier alpha value is -4.15. The number of anilines is 2. The number of carbonyl (C=O) groups excluding carboxylic acids is 2. The minimum absolute atomic E-state index is 0.0340. The van der Waals surface area contributed by atoms with Crippen LogP contribution in [0.2, 0.25) is 0 Å². The maximum absolute atomic E-state index is 13.5. The predicted molar refractivity (Wildman–Crippen MR) is 104 cm³/mol. The van der Waals surface area contributed by atoms with Gasteiger partial charge in [0, 0.05) is 31.4 Å². The van der Waals surface area contributed by atoms with Crippen LogP contribution in [0.3, 0.4) is 0 Å². The van der Waals surface area contributed by atoms with Crippen LogP contribution in [-0.4, -0.2) is 38.0 Å². The number of nitrogens with one attached hydrogen (secondary N) is 1. The van der Waals surface area contributed by atoms with Gasteiger partial charge in [0.15, 0.2) is 5.82 Å². The molecule has 0 spiro atoms. The number of hydrogen-bond acceptors (Lipinski definition) is 6. The van der Waals surface area contributed by atoms with Crippen LogP contribution in [0.1, 0.15) is 6.42 Å². The van der Waals surface area contributed by atoms with Crippen LogP contribution in [-0.2, 0) is 9.59 Å². The van der Waals surface area contributed by atoms with Crippen molar-refractivity contribution in [1.29, 1.82) is 0 Å². The Kier molecular flexibility index (Phi) is 4.92. The largest absolute Gasteiger partial charge is 0.324 e. The number of rotatable bonds is 5. The number of amides is 2. The molecular formula is C19H15FN6O4. The Bertz CT molecular complexity index is 1120. The van der Waals surface area contributed by atoms with Crippen molar-refractivity contribution in [2.24, 2.45) is 5.92 Å². The molecule has 2 amide bonds. The van der Waals surface area contributed by atoms with Gasteiger partial charge in [-0.1, -0.05) is 0 Å². The van der Waals surface area contributed by atoms with Gasteiger partial charge < -0.3 is 10.2 Å². The van der Waals surface area contributed by atoms with Crippen molar-refractivity contribution in [3.63, 3.8) is 0 Å². The van der Waals surface area contributed by atoms with Gasteiger partial charge in [0.05, 0.1) is 28.4 Å². The van der Waals surface area contributed by atoms with E-state index in [-0.39, 0.29) is 30.5 Å². The van der Waals surface area contributed by atoms with Crippen molar-refractivity contribution in [2.45, 2.75) is 6.42 Å². The number of benzene rings is 1. The second kappa shape index (κ2) is 7.70. The third kappa shape index (κ3) is 3.72. The summed E-state index contributed by atoms with van der Waals surface area (Å²) in [6.45, 7) is 0.0340. The molecule has 11 heteroatoms. The molecule has 1 atom stereocenters. The third-order valence-electron chi connectivity index (χ3n) is 4.69. The fraction of sp³-hybridized carbons (Fsp3) is 0.158. The average Bonchev–Trinajstić information content (AvgIpc) is 3.39. The predicted octanol–water partition coefficient (Wildman–Crippen LogP) is 2.31. The Morgan fingerprint density at radius 3 is 2.80 bits per heavy atom. The highest BCUT2D eigenvalue weighted by atomic mass is 19.1. The van der Waals surface area contributed by atoms with Crippen molar-refractivity contribution in [3.8, 4) is 5.82 Å². The normalized spacial score (nSPS) is 16.0. The third-order valence-corrected chi connectivity index (χ3v) is 4.69. The summed E-state index contributed by atoms with van der Waals surface area (Å²) in [5.41, 5.74) is -0.0931. The standard InChI is InChI=1S/C19H15FN6O4/c20-15-4-3-14(9-16(15)26(29)30)24-11-12(8-18(24)27)19(28)23-13-2-5-17(21-10-13)25-7-1-6-22-25/h1-7,9-10,12H,8,11H2,(H,23,28). The Labute approximate surface area is 169 Å². The van der Waals surface area contributed by atoms with E-state index in [1.54, 1.807) is 35.3 Å². The number of nitro benzene ring substituents is 1. The van der Waals surface area contributed by atoms with Gasteiger partial charge in [0.25, 0.3) is 0 Å². The molecule has 1 saturated heterocycles. The number of halogens is 1. The molecule has 1 N–H and O–H groups in total. The van der Waals surface area contributed by atoms with E-state index in [2.05, 4.69) is 15.4 Å². The van der Waals surface area contributed by atoms with E-state index in [9.17, 15) is 24.1 Å². The second-order valence-corrected chi connectivity index (χ2v) is 6.64. The zero-order valence-corrected chi connectivity index (χ0v) is 15.4. The van der Waals surface area contributed by atoms with E-state index < -0.39 is 22.3 Å². The van der Waals surface area contributed by atoms with E-state index in [0.717, 1.165) is 12.1 Å². The first kappa shape index (κ1) is 19.2. The van der Waals surface area contributed by atoms with Gasteiger partial charge in [-0.05, 0) is 30.3 Å². The highest BCUT2D eigenvalue weighted by Gasteiger charge is 2.36. The molecule has 0 aliphatic carbocycles. The fourth-order valence-corrected chi connectivity index (χ4v) is 3.19. The molecule has 3 heterocycles. The Morgan fingerprint density at radius 2 is 2.13 bits per heavy atom. The summed E-state index contributed by atoms with van der Waals surface area (Å²) in [4.78, 5) is 40.5. The summed E-state index contributed by atoms with van der Waals surface area (Å²) < 4.78 is 15.1. The molecule has 1 aromatic carbocycles. The van der Waals surface area contributed by atoms with E-state index in [1.807, 2.05) is 0 Å². The van der Waals surface area contributed by atoms with Gasteiger partial charge in [0.1, 0.15) is 0 Å². The maximum Gasteiger partial charge on any atom is 0.306 e. The molecule has 1 aliphatic rings. The highest BCUT2D eigenvalue weighted by Crippen LogP contribution is 2.30. The van der Waals surface area contributed by atoms with Crippen LogP contribution >= 0.6 is 0 Å². The molecule has 1 aliphatic heterocycles. The molecule has 4 rings (SSSR count). The zero-order valence-electron chi connectivity index (χ0n) is 15.4. The van der Waals surface area contributed by atoms with Gasteiger partial charge in [-0.2, -0.15) is 9.49 Å². The average molecular weight is 410 g/mol. The molecule has 0 radical (unpaired) electrons. The van der Waals surface area contributed by atoms with Gasteiger partial charge in [-0.25, -0.2) is 9.67 Å². The molecule has 152 valence electrons. The molecule has 10 nitrogen and oxygen atoms in total. The molecule has 3 aromatic rings. The maximum atomic E-state index is 13.5. The van der Waals surface area contributed by atoms with E-state index in [4.69, 9.17) is 0 Å². The van der Waals surface area contributed by atoms with Crippen LogP contribution in [0.25, 0.3) is 5.82 Å². The summed E-state index contributed by atoms with van der Waals surface area (Å²) in [6, 6.07) is 8.31. The number of carbonyl (C=O) groups is 2. The van der Waals surface area contributed by atoms with Crippen molar-refractivity contribution in [3.05, 3.63) is 70.9 Å². The smallest absolute Gasteiger partial charge is 0.306 e. The number of nitro groups is 1. The van der Waals surface area contributed by atoms with Gasteiger partial charge >= 0.3 is 5.69 Å². The summed E-state index contributed by atoms with van der Waals surface area (Å²) in [5, 5.41) is 17.7. The molecule has 30 heavy (non-hydrogen) atoms. The molecule has 0 saturated carbocycles. The van der Waals surface area contributed by atoms with Crippen LogP contribution < -0.4 is 10.2 Å². The first-order chi connectivity index (χ1) is 14.4. The Balaban J connectivity index is 1.44. The monoisotopic (exact) mass is 410 g/mol. The molecular weight excluding hydrogens is 395 g/mol. The molecule has 1 unspecified atom stereocenters. The summed E-state index contributed by atoms with van der Waals surface area (Å²) >= 11 is 0. The van der Waals surface area contributed by atoms with Gasteiger partial charge in [0.2, 0.25) is 17.6 Å².